The van der Waals surface area contributed by atoms with Gasteiger partial charge >= 0.3 is 0 Å². The molecule has 0 saturated heterocycles. The molecule has 3 heterocycles. The molecule has 0 radical (unpaired) electrons. The van der Waals surface area contributed by atoms with Gasteiger partial charge in [0.05, 0.1) is 16.7 Å². The molecule has 0 spiro atoms. The van der Waals surface area contributed by atoms with Gasteiger partial charge in [-0.25, -0.2) is 4.98 Å². The van der Waals surface area contributed by atoms with Gasteiger partial charge in [-0.2, -0.15) is 0 Å². The molecule has 4 heteroatoms. The summed E-state index contributed by atoms with van der Waals surface area (Å²) in [4.78, 5) is 7.84. The Balaban J connectivity index is 1.07. The Hall–Kier alpha value is -7.95. The van der Waals surface area contributed by atoms with Gasteiger partial charge in [-0.15, -0.1) is 0 Å². The van der Waals surface area contributed by atoms with Crippen LogP contribution in [0.5, 0.6) is 0 Å². The average molecular weight is 768 g/mol. The Morgan fingerprint density at radius 2 is 1.02 bits per heavy atom. The van der Waals surface area contributed by atoms with E-state index in [9.17, 15) is 0 Å². The van der Waals surface area contributed by atoms with Crippen LogP contribution in [0, 0.1) is 0 Å². The third-order valence-corrected chi connectivity index (χ3v) is 12.3. The smallest absolute Gasteiger partial charge is 0.136 e. The van der Waals surface area contributed by atoms with E-state index in [4.69, 9.17) is 9.40 Å². The fourth-order valence-electron chi connectivity index (χ4n) is 9.60. The second-order valence-electron chi connectivity index (χ2n) is 15.5. The van der Waals surface area contributed by atoms with Crippen LogP contribution in [0.25, 0.3) is 60.9 Å². The second kappa shape index (κ2) is 13.6. The number of fused-ring (bicyclic) bond motifs is 8. The van der Waals surface area contributed by atoms with Crippen molar-refractivity contribution in [3.63, 3.8) is 0 Å². The summed E-state index contributed by atoms with van der Waals surface area (Å²) in [6.07, 6.45) is 0. The van der Waals surface area contributed by atoms with Crippen LogP contribution in [-0.2, 0) is 5.41 Å². The van der Waals surface area contributed by atoms with Gasteiger partial charge in [-0.3, -0.25) is 4.57 Å². The summed E-state index contributed by atoms with van der Waals surface area (Å²) in [6.45, 7) is 0. The molecule has 0 bridgehead atoms. The van der Waals surface area contributed by atoms with E-state index in [0.29, 0.717) is 0 Å². The molecule has 0 aliphatic carbocycles. The number of aromatic nitrogens is 2. The van der Waals surface area contributed by atoms with Crippen LogP contribution in [0.1, 0.15) is 22.5 Å². The van der Waals surface area contributed by atoms with Gasteiger partial charge in [0, 0.05) is 33.4 Å². The number of rotatable bonds is 7. The number of hydrogen-bond donors (Lipinski definition) is 0. The summed E-state index contributed by atoms with van der Waals surface area (Å²) in [5, 5.41) is 2.26. The van der Waals surface area contributed by atoms with Crippen molar-refractivity contribution in [2.24, 2.45) is 0 Å². The Kier molecular flexibility index (Phi) is 7.72. The summed E-state index contributed by atoms with van der Waals surface area (Å²) >= 11 is 0. The van der Waals surface area contributed by atoms with Crippen molar-refractivity contribution in [2.75, 3.05) is 4.90 Å². The van der Waals surface area contributed by atoms with Crippen LogP contribution in [0.3, 0.4) is 0 Å². The summed E-state index contributed by atoms with van der Waals surface area (Å²) in [5.41, 5.74) is 15.7. The molecular weight excluding hydrogens is 731 g/mol. The van der Waals surface area contributed by atoms with Gasteiger partial charge in [0.15, 0.2) is 0 Å². The van der Waals surface area contributed by atoms with Crippen molar-refractivity contribution in [1.29, 1.82) is 0 Å². The highest BCUT2D eigenvalue weighted by molar-refractivity contribution is 6.12. The Labute approximate surface area is 347 Å². The highest BCUT2D eigenvalue weighted by Crippen LogP contribution is 2.54. The van der Waals surface area contributed by atoms with Crippen molar-refractivity contribution in [2.45, 2.75) is 5.41 Å². The minimum Gasteiger partial charge on any atom is -0.456 e. The molecule has 4 nitrogen and oxygen atoms in total. The normalized spacial score (nSPS) is 12.8. The third-order valence-electron chi connectivity index (χ3n) is 12.3. The Bertz CT molecular complexity index is 3310. The van der Waals surface area contributed by atoms with Gasteiger partial charge in [0.25, 0.3) is 0 Å². The van der Waals surface area contributed by atoms with E-state index in [1.165, 1.54) is 27.8 Å². The van der Waals surface area contributed by atoms with E-state index >= 15 is 0 Å². The van der Waals surface area contributed by atoms with E-state index in [1.54, 1.807) is 0 Å². The molecule has 0 atom stereocenters. The zero-order valence-electron chi connectivity index (χ0n) is 32.6. The largest absolute Gasteiger partial charge is 0.456 e. The molecule has 11 aromatic rings. The average Bonchev–Trinajstić information content (AvgIpc) is 3.98. The minimum absolute atomic E-state index is 0.675. The number of nitrogens with zero attached hydrogens (tertiary/aromatic N) is 3. The van der Waals surface area contributed by atoms with Crippen molar-refractivity contribution in [3.05, 3.63) is 247 Å². The van der Waals surface area contributed by atoms with Crippen LogP contribution < -0.4 is 4.90 Å². The molecule has 1 aliphatic heterocycles. The van der Waals surface area contributed by atoms with Crippen molar-refractivity contribution in [3.8, 4) is 27.9 Å². The van der Waals surface area contributed by atoms with Crippen LogP contribution >= 0.6 is 0 Å². The molecule has 1 aliphatic rings. The number of benzene rings is 9. The maximum absolute atomic E-state index is 6.28. The summed E-state index contributed by atoms with van der Waals surface area (Å²) in [6, 6.07) is 80.3. The summed E-state index contributed by atoms with van der Waals surface area (Å²) < 4.78 is 8.66. The van der Waals surface area contributed by atoms with E-state index in [0.717, 1.165) is 72.7 Å². The van der Waals surface area contributed by atoms with Crippen molar-refractivity contribution in [1.82, 2.24) is 9.55 Å². The molecule has 12 rings (SSSR count). The Morgan fingerprint density at radius 3 is 1.73 bits per heavy atom. The summed E-state index contributed by atoms with van der Waals surface area (Å²) in [7, 11) is 0. The van der Waals surface area contributed by atoms with Crippen molar-refractivity contribution < 1.29 is 4.42 Å². The van der Waals surface area contributed by atoms with E-state index in [-0.39, 0.29) is 0 Å². The summed E-state index contributed by atoms with van der Waals surface area (Å²) in [5.74, 6) is 0.998. The number of furan rings is 1. The predicted octanol–water partition coefficient (Wildman–Crippen LogP) is 14.4. The molecule has 0 amide bonds. The van der Waals surface area contributed by atoms with Crippen LogP contribution in [0.15, 0.2) is 229 Å². The van der Waals surface area contributed by atoms with Gasteiger partial charge in [0.2, 0.25) is 0 Å². The first-order valence-electron chi connectivity index (χ1n) is 20.5. The van der Waals surface area contributed by atoms with E-state index in [2.05, 4.69) is 222 Å². The Morgan fingerprint density at radius 1 is 0.450 bits per heavy atom. The van der Waals surface area contributed by atoms with Gasteiger partial charge in [-0.05, 0) is 100 Å². The molecule has 9 aromatic carbocycles. The lowest BCUT2D eigenvalue weighted by atomic mass is 9.69. The van der Waals surface area contributed by atoms with Crippen LogP contribution in [-0.4, -0.2) is 9.55 Å². The van der Waals surface area contributed by atoms with Crippen molar-refractivity contribution >= 4 is 50.0 Å². The lowest BCUT2D eigenvalue weighted by Crippen LogP contribution is -2.30. The molecular formula is C56H37N3O. The van der Waals surface area contributed by atoms with E-state index in [1.807, 2.05) is 12.1 Å². The molecule has 0 N–H and O–H groups in total. The molecule has 2 aromatic heterocycles. The maximum Gasteiger partial charge on any atom is 0.136 e. The first-order valence-corrected chi connectivity index (χ1v) is 20.5. The fraction of sp³-hybridized carbons (Fsp3) is 0.0179. The lowest BCUT2D eigenvalue weighted by molar-refractivity contribution is 0.669. The first kappa shape index (κ1) is 34.1. The fourth-order valence-corrected chi connectivity index (χ4v) is 9.60. The lowest BCUT2D eigenvalue weighted by Gasteiger charge is -2.32. The zero-order chi connectivity index (χ0) is 39.6. The van der Waals surface area contributed by atoms with Gasteiger partial charge in [-0.1, -0.05) is 158 Å². The monoisotopic (exact) mass is 767 g/mol. The number of hydrogen-bond acceptors (Lipinski definition) is 3. The molecule has 0 saturated carbocycles. The van der Waals surface area contributed by atoms with Crippen LogP contribution in [0.2, 0.25) is 0 Å². The van der Waals surface area contributed by atoms with Gasteiger partial charge in [0.1, 0.15) is 22.4 Å². The SMILES string of the molecule is c1ccc(-c2ccc(N(c3ccc(-c4cccc5oc6ccccc6c45)cc3)c3ccc4c(c3)C(c3ccccc3)(c3ccccc3)c3nc5ccccc5n3-4)cc2)cc1. The highest BCUT2D eigenvalue weighted by Gasteiger charge is 2.49. The molecule has 0 unspecified atom stereocenters. The van der Waals surface area contributed by atoms with Gasteiger partial charge < -0.3 is 9.32 Å². The number of para-hydroxylation sites is 3. The second-order valence-corrected chi connectivity index (χ2v) is 15.5. The standard InChI is InChI=1S/C56H37N3O/c1-4-15-38(16-5-1)39-27-31-43(32-28-39)58(44-33-29-40(30-34-44)46-22-14-26-53-54(46)47-21-10-13-25-52(47)60-53)45-35-36-50-48(37-45)56(41-17-6-2-7-18-41,42-19-8-3-9-20-42)55-57-49-23-11-12-24-51(49)59(50)55/h1-37H. The number of anilines is 3. The maximum atomic E-state index is 6.28. The highest BCUT2D eigenvalue weighted by atomic mass is 16.3. The van der Waals surface area contributed by atoms with Crippen LogP contribution in [0.4, 0.5) is 17.1 Å². The topological polar surface area (TPSA) is 34.2 Å². The third kappa shape index (κ3) is 5.14. The van der Waals surface area contributed by atoms with E-state index < -0.39 is 5.41 Å². The quantitative estimate of drug-likeness (QED) is 0.162. The number of imidazole rings is 1. The molecule has 282 valence electrons. The molecule has 0 fully saturated rings. The zero-order valence-corrected chi connectivity index (χ0v) is 32.6. The minimum atomic E-state index is -0.675. The first-order chi connectivity index (χ1) is 29.8. The molecule has 60 heavy (non-hydrogen) atoms. The predicted molar refractivity (Wildman–Crippen MR) is 246 cm³/mol.